The molecule has 1 amide bonds. The van der Waals surface area contributed by atoms with Gasteiger partial charge in [0.1, 0.15) is 0 Å². The van der Waals surface area contributed by atoms with Crippen LogP contribution in [0.3, 0.4) is 0 Å². The lowest BCUT2D eigenvalue weighted by atomic mass is 9.75. The summed E-state index contributed by atoms with van der Waals surface area (Å²) in [5.41, 5.74) is -2.63. The molecule has 2 atom stereocenters. The van der Waals surface area contributed by atoms with Gasteiger partial charge in [0.05, 0.1) is 17.7 Å². The molecular formula is C32H63N3O4. The number of nitrogens with one attached hydrogen (secondary N) is 2. The standard InChI is InChI=1S/C32H63N3O4/c1-27(2,3)24(36)31(13,33-29(7,8)9)20-18-16-17-19-23-39-26(38)35(15)22-21-32(14,34-30(10,11)12)25(37)28(4,5)6/h33-34H,16-23H2,1-15H3/t31-,32+/m1/s1. The Kier molecular flexibility index (Phi) is 13.4. The Balaban J connectivity index is 4.74. The normalized spacial score (nSPS) is 16.3. The average molecular weight is 554 g/mol. The van der Waals surface area contributed by atoms with Gasteiger partial charge in [0.15, 0.2) is 11.6 Å². The van der Waals surface area contributed by atoms with Gasteiger partial charge >= 0.3 is 6.09 Å². The first-order valence-corrected chi connectivity index (χ1v) is 14.8. The van der Waals surface area contributed by atoms with Crippen molar-refractivity contribution in [1.29, 1.82) is 0 Å². The SMILES string of the molecule is CN(CC[C@](C)(NC(C)(C)C)C(=O)C(C)(C)C)C(=O)OCCCCCC[C@@](C)(NC(C)(C)C)C(=O)C(C)(C)C. The van der Waals surface area contributed by atoms with Crippen LogP contribution in [0.1, 0.15) is 135 Å². The second-order valence-electron chi connectivity index (χ2n) is 16.0. The Morgan fingerprint density at radius 1 is 0.590 bits per heavy atom. The maximum atomic E-state index is 13.2. The van der Waals surface area contributed by atoms with Crippen LogP contribution in [0.25, 0.3) is 0 Å². The quantitative estimate of drug-likeness (QED) is 0.227. The molecule has 0 aliphatic rings. The van der Waals surface area contributed by atoms with Gasteiger partial charge in [-0.25, -0.2) is 4.79 Å². The number of hydrogen-bond acceptors (Lipinski definition) is 6. The molecule has 0 aromatic carbocycles. The molecule has 0 radical (unpaired) electrons. The maximum Gasteiger partial charge on any atom is 0.409 e. The minimum Gasteiger partial charge on any atom is -0.449 e. The highest BCUT2D eigenvalue weighted by molar-refractivity contribution is 5.93. The topological polar surface area (TPSA) is 87.7 Å². The number of ketones is 2. The van der Waals surface area contributed by atoms with Gasteiger partial charge in [-0.3, -0.25) is 9.59 Å². The highest BCUT2D eigenvalue weighted by atomic mass is 16.6. The maximum absolute atomic E-state index is 13.2. The summed E-state index contributed by atoms with van der Waals surface area (Å²) < 4.78 is 5.51. The lowest BCUT2D eigenvalue weighted by Gasteiger charge is -2.41. The molecule has 7 heteroatoms. The summed E-state index contributed by atoms with van der Waals surface area (Å²) in [5, 5.41) is 7.06. The molecule has 2 N–H and O–H groups in total. The van der Waals surface area contributed by atoms with Crippen LogP contribution < -0.4 is 10.6 Å². The van der Waals surface area contributed by atoms with Crippen LogP contribution in [0, 0.1) is 10.8 Å². The third-order valence-electron chi connectivity index (χ3n) is 6.72. The van der Waals surface area contributed by atoms with E-state index < -0.39 is 21.9 Å². The summed E-state index contributed by atoms with van der Waals surface area (Å²) in [4.78, 5) is 40.6. The molecule has 0 aliphatic carbocycles. The van der Waals surface area contributed by atoms with Gasteiger partial charge in [-0.1, -0.05) is 60.8 Å². The molecule has 0 fully saturated rings. The highest BCUT2D eigenvalue weighted by Crippen LogP contribution is 2.30. The van der Waals surface area contributed by atoms with Crippen LogP contribution in [0.2, 0.25) is 0 Å². The number of hydrogen-bond donors (Lipinski definition) is 2. The summed E-state index contributed by atoms with van der Waals surface area (Å²) in [6, 6.07) is 0. The fourth-order valence-electron chi connectivity index (χ4n) is 5.46. The number of unbranched alkanes of at least 4 members (excludes halogenated alkanes) is 3. The van der Waals surface area contributed by atoms with Gasteiger partial charge in [-0.05, 0) is 74.7 Å². The average Bonchev–Trinajstić information content (AvgIpc) is 2.71. The fraction of sp³-hybridized carbons (Fsp3) is 0.906. The van der Waals surface area contributed by atoms with Crippen molar-refractivity contribution in [3.63, 3.8) is 0 Å². The van der Waals surface area contributed by atoms with Crippen molar-refractivity contribution >= 4 is 17.7 Å². The zero-order valence-electron chi connectivity index (χ0n) is 28.2. The van der Waals surface area contributed by atoms with Crippen molar-refractivity contribution in [2.45, 2.75) is 158 Å². The van der Waals surface area contributed by atoms with Crippen molar-refractivity contribution in [3.8, 4) is 0 Å². The van der Waals surface area contributed by atoms with Crippen LogP contribution in [-0.2, 0) is 14.3 Å². The molecule has 0 spiro atoms. The largest absolute Gasteiger partial charge is 0.449 e. The smallest absolute Gasteiger partial charge is 0.409 e. The number of Topliss-reactive ketones (excluding diaryl/α,β-unsaturated/α-hetero) is 2. The fourth-order valence-corrected chi connectivity index (χ4v) is 5.46. The molecule has 0 rings (SSSR count). The van der Waals surface area contributed by atoms with Crippen molar-refractivity contribution < 1.29 is 19.1 Å². The predicted octanol–water partition coefficient (Wildman–Crippen LogP) is 6.92. The van der Waals surface area contributed by atoms with Crippen LogP contribution in [0.15, 0.2) is 0 Å². The van der Waals surface area contributed by atoms with Crippen molar-refractivity contribution in [2.24, 2.45) is 10.8 Å². The molecule has 0 bridgehead atoms. The molecule has 0 aromatic heterocycles. The highest BCUT2D eigenvalue weighted by Gasteiger charge is 2.42. The van der Waals surface area contributed by atoms with E-state index in [1.807, 2.05) is 76.2 Å². The van der Waals surface area contributed by atoms with Crippen molar-refractivity contribution in [2.75, 3.05) is 20.2 Å². The molecule has 0 saturated carbocycles. The number of ether oxygens (including phenoxy) is 1. The molecule has 0 heterocycles. The minimum atomic E-state index is -0.754. The zero-order chi connectivity index (χ0) is 31.1. The van der Waals surface area contributed by atoms with Gasteiger partial charge in [0.2, 0.25) is 0 Å². The van der Waals surface area contributed by atoms with E-state index in [4.69, 9.17) is 4.74 Å². The van der Waals surface area contributed by atoms with E-state index >= 15 is 0 Å². The summed E-state index contributed by atoms with van der Waals surface area (Å²) in [6.07, 6.45) is 4.52. The number of carbonyl (C=O) groups is 3. The first-order valence-electron chi connectivity index (χ1n) is 14.8. The summed E-state index contributed by atoms with van der Waals surface area (Å²) in [6.45, 7) is 28.9. The van der Waals surface area contributed by atoms with Gasteiger partial charge in [0.25, 0.3) is 0 Å². The molecule has 0 saturated heterocycles. The first kappa shape index (κ1) is 37.5. The Bertz CT molecular complexity index is 811. The summed E-state index contributed by atoms with van der Waals surface area (Å²) in [5.74, 6) is 0.365. The van der Waals surface area contributed by atoms with E-state index in [0.29, 0.717) is 19.6 Å². The lowest BCUT2D eigenvalue weighted by Crippen LogP contribution is -2.60. The lowest BCUT2D eigenvalue weighted by molar-refractivity contribution is -0.134. The minimum absolute atomic E-state index is 0.129. The van der Waals surface area contributed by atoms with E-state index in [0.717, 1.165) is 32.1 Å². The molecule has 7 nitrogen and oxygen atoms in total. The van der Waals surface area contributed by atoms with Crippen LogP contribution >= 0.6 is 0 Å². The van der Waals surface area contributed by atoms with E-state index in [1.54, 1.807) is 11.9 Å². The molecule has 39 heavy (non-hydrogen) atoms. The predicted molar refractivity (Wildman–Crippen MR) is 163 cm³/mol. The van der Waals surface area contributed by atoms with Crippen LogP contribution in [0.5, 0.6) is 0 Å². The van der Waals surface area contributed by atoms with Crippen LogP contribution in [0.4, 0.5) is 4.79 Å². The monoisotopic (exact) mass is 553 g/mol. The third kappa shape index (κ3) is 14.1. The molecule has 0 aliphatic heterocycles. The Hall–Kier alpha value is -1.47. The molecule has 0 aromatic rings. The van der Waals surface area contributed by atoms with Gasteiger partial charge in [0, 0.05) is 35.5 Å². The molecule has 230 valence electrons. The van der Waals surface area contributed by atoms with Crippen molar-refractivity contribution in [1.82, 2.24) is 15.5 Å². The summed E-state index contributed by atoms with van der Waals surface area (Å²) >= 11 is 0. The summed E-state index contributed by atoms with van der Waals surface area (Å²) in [7, 11) is 1.72. The molecular weight excluding hydrogens is 490 g/mol. The molecule has 0 unspecified atom stereocenters. The second kappa shape index (κ2) is 13.9. The third-order valence-corrected chi connectivity index (χ3v) is 6.72. The van der Waals surface area contributed by atoms with Gasteiger partial charge in [-0.15, -0.1) is 0 Å². The van der Waals surface area contributed by atoms with E-state index in [1.165, 1.54) is 0 Å². The second-order valence-corrected chi connectivity index (χ2v) is 16.0. The van der Waals surface area contributed by atoms with E-state index in [2.05, 4.69) is 31.4 Å². The number of rotatable bonds is 14. The van der Waals surface area contributed by atoms with Gasteiger partial charge in [-0.2, -0.15) is 0 Å². The number of nitrogens with zero attached hydrogens (tertiary/aromatic N) is 1. The number of carbonyl (C=O) groups excluding carboxylic acids is 3. The van der Waals surface area contributed by atoms with Gasteiger partial charge < -0.3 is 20.3 Å². The Morgan fingerprint density at radius 3 is 1.36 bits per heavy atom. The first-order chi connectivity index (χ1) is 17.2. The number of amides is 1. The van der Waals surface area contributed by atoms with E-state index in [-0.39, 0.29) is 28.7 Å². The Morgan fingerprint density at radius 2 is 0.974 bits per heavy atom. The van der Waals surface area contributed by atoms with Crippen LogP contribution in [-0.4, -0.2) is 64.9 Å². The van der Waals surface area contributed by atoms with E-state index in [9.17, 15) is 14.4 Å². The Labute approximate surface area is 241 Å². The van der Waals surface area contributed by atoms with Crippen molar-refractivity contribution in [3.05, 3.63) is 0 Å². The zero-order valence-corrected chi connectivity index (χ0v) is 28.2.